The third-order valence-electron chi connectivity index (χ3n) is 3.60. The summed E-state index contributed by atoms with van der Waals surface area (Å²) in [5.41, 5.74) is 2.54. The Morgan fingerprint density at radius 2 is 1.87 bits per heavy atom. The van der Waals surface area contributed by atoms with Crippen molar-refractivity contribution < 1.29 is 9.53 Å². The predicted molar refractivity (Wildman–Crippen MR) is 94.2 cm³/mol. The second-order valence-electron chi connectivity index (χ2n) is 5.52. The number of rotatable bonds is 5. The summed E-state index contributed by atoms with van der Waals surface area (Å²) < 4.78 is 5.39. The van der Waals surface area contributed by atoms with Crippen LogP contribution in [-0.4, -0.2) is 32.0 Å². The normalized spacial score (nSPS) is 11.7. The number of halogens is 1. The first-order chi connectivity index (χ1) is 10.9. The van der Waals surface area contributed by atoms with Gasteiger partial charge in [-0.25, -0.2) is 0 Å². The van der Waals surface area contributed by atoms with Crippen LogP contribution in [0.25, 0.3) is 0 Å². The highest BCUT2D eigenvalue weighted by atomic mass is 35.5. The number of amides is 1. The van der Waals surface area contributed by atoms with E-state index in [-0.39, 0.29) is 5.91 Å². The van der Waals surface area contributed by atoms with E-state index in [0.717, 1.165) is 16.8 Å². The van der Waals surface area contributed by atoms with Gasteiger partial charge >= 0.3 is 0 Å². The molecule has 2 aromatic carbocycles. The number of carbonyl (C=O) groups excluding carboxylic acids is 1. The van der Waals surface area contributed by atoms with Crippen molar-refractivity contribution >= 4 is 23.2 Å². The zero-order chi connectivity index (χ0) is 17.0. The first-order valence-electron chi connectivity index (χ1n) is 7.30. The number of methoxy groups -OCH3 is 1. The van der Waals surface area contributed by atoms with E-state index in [1.165, 1.54) is 0 Å². The van der Waals surface area contributed by atoms with Gasteiger partial charge in [0.25, 0.3) is 0 Å². The zero-order valence-corrected chi connectivity index (χ0v) is 14.5. The molecule has 0 fully saturated rings. The quantitative estimate of drug-likeness (QED) is 0.903. The van der Waals surface area contributed by atoms with E-state index in [1.54, 1.807) is 32.2 Å². The van der Waals surface area contributed by atoms with Gasteiger partial charge in [-0.1, -0.05) is 41.9 Å². The molecule has 0 aliphatic carbocycles. The van der Waals surface area contributed by atoms with Gasteiger partial charge in [0.1, 0.15) is 11.8 Å². The fourth-order valence-electron chi connectivity index (χ4n) is 2.29. The SMILES string of the molecule is COc1cc(Cl)c(C)cc1NC(C(=O)N(C)C)c1ccccc1. The van der Waals surface area contributed by atoms with Gasteiger partial charge in [0, 0.05) is 25.2 Å². The minimum atomic E-state index is -0.499. The van der Waals surface area contributed by atoms with E-state index < -0.39 is 6.04 Å². The highest BCUT2D eigenvalue weighted by molar-refractivity contribution is 6.31. The molecule has 0 saturated heterocycles. The number of anilines is 1. The van der Waals surface area contributed by atoms with Gasteiger partial charge in [0.05, 0.1) is 12.8 Å². The number of hydrogen-bond acceptors (Lipinski definition) is 3. The first-order valence-corrected chi connectivity index (χ1v) is 7.68. The second-order valence-corrected chi connectivity index (χ2v) is 5.93. The molecule has 0 spiro atoms. The van der Waals surface area contributed by atoms with Crippen LogP contribution in [0.1, 0.15) is 17.2 Å². The van der Waals surface area contributed by atoms with Crippen LogP contribution in [-0.2, 0) is 4.79 Å². The molecule has 0 heterocycles. The fraction of sp³-hybridized carbons (Fsp3) is 0.278. The van der Waals surface area contributed by atoms with Crippen molar-refractivity contribution in [2.75, 3.05) is 26.5 Å². The van der Waals surface area contributed by atoms with Crippen LogP contribution in [0.2, 0.25) is 5.02 Å². The molecule has 5 heteroatoms. The largest absolute Gasteiger partial charge is 0.495 e. The van der Waals surface area contributed by atoms with Crippen molar-refractivity contribution in [2.45, 2.75) is 13.0 Å². The molecule has 122 valence electrons. The number of benzene rings is 2. The van der Waals surface area contributed by atoms with E-state index in [0.29, 0.717) is 10.8 Å². The topological polar surface area (TPSA) is 41.6 Å². The Kier molecular flexibility index (Phi) is 5.50. The highest BCUT2D eigenvalue weighted by Gasteiger charge is 2.23. The number of nitrogens with zero attached hydrogens (tertiary/aromatic N) is 1. The van der Waals surface area contributed by atoms with Gasteiger partial charge in [-0.3, -0.25) is 4.79 Å². The van der Waals surface area contributed by atoms with Gasteiger partial charge < -0.3 is 15.0 Å². The van der Waals surface area contributed by atoms with Crippen molar-refractivity contribution in [3.63, 3.8) is 0 Å². The van der Waals surface area contributed by atoms with Crippen molar-refractivity contribution in [1.82, 2.24) is 4.90 Å². The summed E-state index contributed by atoms with van der Waals surface area (Å²) in [4.78, 5) is 14.2. The molecule has 0 saturated carbocycles. The molecule has 0 radical (unpaired) electrons. The highest BCUT2D eigenvalue weighted by Crippen LogP contribution is 2.33. The molecule has 1 amide bonds. The lowest BCUT2D eigenvalue weighted by Gasteiger charge is -2.24. The molecular weight excluding hydrogens is 312 g/mol. The average molecular weight is 333 g/mol. The molecule has 23 heavy (non-hydrogen) atoms. The van der Waals surface area contributed by atoms with Gasteiger partial charge in [-0.2, -0.15) is 0 Å². The number of nitrogens with one attached hydrogen (secondary N) is 1. The van der Waals surface area contributed by atoms with Crippen LogP contribution in [0.4, 0.5) is 5.69 Å². The molecule has 1 atom stereocenters. The molecule has 0 aromatic heterocycles. The Balaban J connectivity index is 2.43. The van der Waals surface area contributed by atoms with Gasteiger partial charge in [0.2, 0.25) is 5.91 Å². The van der Waals surface area contributed by atoms with Crippen molar-refractivity contribution in [2.24, 2.45) is 0 Å². The number of likely N-dealkylation sites (N-methyl/N-ethyl adjacent to an activating group) is 1. The maximum atomic E-state index is 12.6. The lowest BCUT2D eigenvalue weighted by Crippen LogP contribution is -2.32. The molecule has 2 rings (SSSR count). The summed E-state index contributed by atoms with van der Waals surface area (Å²) in [6, 6.07) is 12.7. The fourth-order valence-corrected chi connectivity index (χ4v) is 2.45. The molecule has 1 unspecified atom stereocenters. The molecule has 0 bridgehead atoms. The molecule has 0 aliphatic rings. The van der Waals surface area contributed by atoms with E-state index in [9.17, 15) is 4.79 Å². The number of hydrogen-bond donors (Lipinski definition) is 1. The summed E-state index contributed by atoms with van der Waals surface area (Å²) in [5, 5.41) is 3.92. The van der Waals surface area contributed by atoms with E-state index in [2.05, 4.69) is 5.32 Å². The van der Waals surface area contributed by atoms with Gasteiger partial charge in [-0.05, 0) is 24.1 Å². The smallest absolute Gasteiger partial charge is 0.249 e. The molecular formula is C18H21ClN2O2. The van der Waals surface area contributed by atoms with Crippen LogP contribution in [0.5, 0.6) is 5.75 Å². The standard InChI is InChI=1S/C18H21ClN2O2/c1-12-10-15(16(23-4)11-14(12)19)20-17(18(22)21(2)3)13-8-6-5-7-9-13/h5-11,17,20H,1-4H3. The monoisotopic (exact) mass is 332 g/mol. The van der Waals surface area contributed by atoms with E-state index in [1.807, 2.05) is 43.3 Å². The van der Waals surface area contributed by atoms with Crippen LogP contribution in [0, 0.1) is 6.92 Å². The van der Waals surface area contributed by atoms with Crippen LogP contribution < -0.4 is 10.1 Å². The molecule has 2 aromatic rings. The summed E-state index contributed by atoms with van der Waals surface area (Å²) in [5.74, 6) is 0.568. The third kappa shape index (κ3) is 3.96. The van der Waals surface area contributed by atoms with Gasteiger partial charge in [0.15, 0.2) is 0 Å². The number of ether oxygens (including phenoxy) is 1. The summed E-state index contributed by atoms with van der Waals surface area (Å²) in [6.07, 6.45) is 0. The Morgan fingerprint density at radius 1 is 1.22 bits per heavy atom. The Morgan fingerprint density at radius 3 is 2.43 bits per heavy atom. The van der Waals surface area contributed by atoms with Crippen LogP contribution in [0.3, 0.4) is 0 Å². The minimum Gasteiger partial charge on any atom is -0.495 e. The minimum absolute atomic E-state index is 0.0362. The first kappa shape index (κ1) is 17.2. The van der Waals surface area contributed by atoms with E-state index in [4.69, 9.17) is 16.3 Å². The van der Waals surface area contributed by atoms with Crippen LogP contribution in [0.15, 0.2) is 42.5 Å². The second kappa shape index (κ2) is 7.38. The number of carbonyl (C=O) groups is 1. The maximum absolute atomic E-state index is 12.6. The molecule has 0 aliphatic heterocycles. The summed E-state index contributed by atoms with van der Waals surface area (Å²) in [7, 11) is 5.06. The Hall–Kier alpha value is -2.20. The zero-order valence-electron chi connectivity index (χ0n) is 13.8. The lowest BCUT2D eigenvalue weighted by molar-refractivity contribution is -0.129. The van der Waals surface area contributed by atoms with Crippen LogP contribution >= 0.6 is 11.6 Å². The summed E-state index contributed by atoms with van der Waals surface area (Å²) in [6.45, 7) is 1.91. The molecule has 1 N–H and O–H groups in total. The van der Waals surface area contributed by atoms with Gasteiger partial charge in [-0.15, -0.1) is 0 Å². The Labute approximate surface area is 142 Å². The van der Waals surface area contributed by atoms with Crippen molar-refractivity contribution in [3.8, 4) is 5.75 Å². The lowest BCUT2D eigenvalue weighted by atomic mass is 10.0. The number of aryl methyl sites for hydroxylation is 1. The Bertz CT molecular complexity index is 687. The predicted octanol–water partition coefficient (Wildman–Crippen LogP) is 3.90. The van der Waals surface area contributed by atoms with Crippen molar-refractivity contribution in [3.05, 3.63) is 58.6 Å². The van der Waals surface area contributed by atoms with E-state index >= 15 is 0 Å². The third-order valence-corrected chi connectivity index (χ3v) is 4.01. The molecule has 4 nitrogen and oxygen atoms in total. The van der Waals surface area contributed by atoms with Crippen molar-refractivity contribution in [1.29, 1.82) is 0 Å². The average Bonchev–Trinajstić information content (AvgIpc) is 2.55. The summed E-state index contributed by atoms with van der Waals surface area (Å²) >= 11 is 6.15. The maximum Gasteiger partial charge on any atom is 0.249 e.